The molecule has 11 aromatic rings. The van der Waals surface area contributed by atoms with Gasteiger partial charge in [-0.2, -0.15) is 0 Å². The third-order valence-electron chi connectivity index (χ3n) is 10.4. The minimum Gasteiger partial charge on any atom is -0.309 e. The molecule has 0 saturated carbocycles. The Bertz CT molecular complexity index is 3220. The Morgan fingerprint density at radius 2 is 0.963 bits per heavy atom. The molecule has 0 radical (unpaired) electrons. The van der Waals surface area contributed by atoms with Crippen LogP contribution in [0.2, 0.25) is 0 Å². The van der Waals surface area contributed by atoms with Crippen molar-refractivity contribution in [1.82, 2.24) is 19.5 Å². The number of thiophene rings is 1. The van der Waals surface area contributed by atoms with E-state index in [4.69, 9.17) is 15.0 Å². The molecule has 0 unspecified atom stereocenters. The Labute approximate surface area is 315 Å². The Balaban J connectivity index is 1.05. The zero-order chi connectivity index (χ0) is 35.6. The molecule has 0 bridgehead atoms. The first-order chi connectivity index (χ1) is 26.7. The molecule has 0 fully saturated rings. The lowest BCUT2D eigenvalue weighted by molar-refractivity contribution is 1.07. The summed E-state index contributed by atoms with van der Waals surface area (Å²) >= 11 is 1.81. The maximum atomic E-state index is 5.10. The van der Waals surface area contributed by atoms with E-state index in [0.29, 0.717) is 17.5 Å². The van der Waals surface area contributed by atoms with Gasteiger partial charge in [-0.15, -0.1) is 11.3 Å². The van der Waals surface area contributed by atoms with Crippen LogP contribution in [-0.2, 0) is 0 Å². The second-order valence-corrected chi connectivity index (χ2v) is 14.8. The molecule has 0 saturated heterocycles. The lowest BCUT2D eigenvalue weighted by Crippen LogP contribution is -2.00. The molecule has 4 nitrogen and oxygen atoms in total. The van der Waals surface area contributed by atoms with Gasteiger partial charge < -0.3 is 4.57 Å². The lowest BCUT2D eigenvalue weighted by Gasteiger charge is -2.10. The van der Waals surface area contributed by atoms with Crippen molar-refractivity contribution in [2.75, 3.05) is 0 Å². The first-order valence-electron chi connectivity index (χ1n) is 18.1. The molecule has 3 aromatic heterocycles. The molecule has 0 aliphatic rings. The minimum atomic E-state index is 0.650. The van der Waals surface area contributed by atoms with Gasteiger partial charge in [0.2, 0.25) is 0 Å². The highest BCUT2D eigenvalue weighted by molar-refractivity contribution is 7.25. The van der Waals surface area contributed by atoms with E-state index in [9.17, 15) is 0 Å². The smallest absolute Gasteiger partial charge is 0.164 e. The molecule has 0 aliphatic carbocycles. The molecular weight excluding hydrogens is 677 g/mol. The van der Waals surface area contributed by atoms with Crippen LogP contribution >= 0.6 is 11.3 Å². The zero-order valence-electron chi connectivity index (χ0n) is 29.0. The summed E-state index contributed by atoms with van der Waals surface area (Å²) in [7, 11) is 0. The van der Waals surface area contributed by atoms with Crippen molar-refractivity contribution in [3.63, 3.8) is 0 Å². The standard InChI is InChI=1S/C49H30N4S/c1-3-12-31(13-4-1)33-18-11-19-36(26-33)48-50-47(32-14-5-2-6-15-32)51-49(52-48)37-22-24-40-42-30-38(23-25-45(42)54-46(40)29-37)53-43-21-10-9-20-39(43)41-27-34-16-7-8-17-35(34)28-44(41)53/h1-30H. The van der Waals surface area contributed by atoms with Gasteiger partial charge in [0.1, 0.15) is 0 Å². The number of aromatic nitrogens is 4. The summed E-state index contributed by atoms with van der Waals surface area (Å²) in [6.45, 7) is 0. The Hall–Kier alpha value is -6.95. The van der Waals surface area contributed by atoms with E-state index in [-0.39, 0.29) is 0 Å². The van der Waals surface area contributed by atoms with E-state index in [1.807, 2.05) is 24.3 Å². The summed E-state index contributed by atoms with van der Waals surface area (Å²) in [6.07, 6.45) is 0. The first kappa shape index (κ1) is 30.7. The molecule has 54 heavy (non-hydrogen) atoms. The van der Waals surface area contributed by atoms with Crippen molar-refractivity contribution in [2.45, 2.75) is 0 Å². The predicted molar refractivity (Wildman–Crippen MR) is 226 cm³/mol. The summed E-state index contributed by atoms with van der Waals surface area (Å²) in [5.41, 5.74) is 8.71. The van der Waals surface area contributed by atoms with Gasteiger partial charge in [0.05, 0.1) is 11.0 Å². The third-order valence-corrected chi connectivity index (χ3v) is 11.5. The number of nitrogens with zero attached hydrogens (tertiary/aromatic N) is 4. The SMILES string of the molecule is c1ccc(-c2cccc(-c3nc(-c4ccccc4)nc(-c4ccc5c(c4)sc4ccc(-n6c7ccccc7c7cc8ccccc8cc76)cc45)n3)c2)cc1. The zero-order valence-corrected chi connectivity index (χ0v) is 29.8. The monoisotopic (exact) mass is 706 g/mol. The molecule has 252 valence electrons. The number of hydrogen-bond donors (Lipinski definition) is 0. The predicted octanol–water partition coefficient (Wildman–Crippen LogP) is 13.2. The highest BCUT2D eigenvalue weighted by atomic mass is 32.1. The molecule has 8 aromatic carbocycles. The lowest BCUT2D eigenvalue weighted by atomic mass is 10.0. The van der Waals surface area contributed by atoms with Crippen LogP contribution in [0.3, 0.4) is 0 Å². The van der Waals surface area contributed by atoms with Crippen LogP contribution in [0.5, 0.6) is 0 Å². The fraction of sp³-hybridized carbons (Fsp3) is 0. The average Bonchev–Trinajstić information content (AvgIpc) is 3.77. The van der Waals surface area contributed by atoms with Crippen molar-refractivity contribution in [3.05, 3.63) is 182 Å². The maximum Gasteiger partial charge on any atom is 0.164 e. The van der Waals surface area contributed by atoms with Crippen LogP contribution < -0.4 is 0 Å². The summed E-state index contributed by atoms with van der Waals surface area (Å²) in [6, 6.07) is 64.5. The van der Waals surface area contributed by atoms with Crippen molar-refractivity contribution >= 4 is 64.1 Å². The third kappa shape index (κ3) is 5.09. The highest BCUT2D eigenvalue weighted by Gasteiger charge is 2.17. The first-order valence-corrected chi connectivity index (χ1v) is 18.9. The second kappa shape index (κ2) is 12.3. The maximum absolute atomic E-state index is 5.10. The number of rotatable bonds is 5. The molecule has 0 amide bonds. The van der Waals surface area contributed by atoms with Gasteiger partial charge >= 0.3 is 0 Å². The van der Waals surface area contributed by atoms with Gasteiger partial charge in [0.15, 0.2) is 17.5 Å². The van der Waals surface area contributed by atoms with E-state index >= 15 is 0 Å². The van der Waals surface area contributed by atoms with Crippen molar-refractivity contribution in [2.24, 2.45) is 0 Å². The Kier molecular flexibility index (Phi) is 7.00. The number of fused-ring (bicyclic) bond motifs is 7. The van der Waals surface area contributed by atoms with Gasteiger partial charge in [0.25, 0.3) is 0 Å². The molecule has 0 N–H and O–H groups in total. The number of benzene rings is 8. The molecule has 0 atom stereocenters. The highest BCUT2D eigenvalue weighted by Crippen LogP contribution is 2.40. The van der Waals surface area contributed by atoms with Crippen LogP contribution in [0.1, 0.15) is 0 Å². The topological polar surface area (TPSA) is 43.6 Å². The largest absolute Gasteiger partial charge is 0.309 e. The van der Waals surface area contributed by atoms with Crippen LogP contribution in [-0.4, -0.2) is 19.5 Å². The Morgan fingerprint density at radius 1 is 0.333 bits per heavy atom. The van der Waals surface area contributed by atoms with Gasteiger partial charge in [-0.3, -0.25) is 0 Å². The van der Waals surface area contributed by atoms with Crippen LogP contribution in [0.15, 0.2) is 182 Å². The molecule has 11 rings (SSSR count). The fourth-order valence-corrected chi connectivity index (χ4v) is 8.92. The molecule has 3 heterocycles. The molecule has 0 aliphatic heterocycles. The van der Waals surface area contributed by atoms with Crippen LogP contribution in [0.4, 0.5) is 0 Å². The average molecular weight is 707 g/mol. The van der Waals surface area contributed by atoms with Gasteiger partial charge in [-0.05, 0) is 70.4 Å². The van der Waals surface area contributed by atoms with E-state index in [1.165, 1.54) is 52.8 Å². The minimum absolute atomic E-state index is 0.650. The van der Waals surface area contributed by atoms with E-state index in [1.54, 1.807) is 11.3 Å². The van der Waals surface area contributed by atoms with E-state index in [2.05, 4.69) is 162 Å². The number of para-hydroxylation sites is 1. The molecular formula is C49H30N4S. The summed E-state index contributed by atoms with van der Waals surface area (Å²) in [5.74, 6) is 1.96. The van der Waals surface area contributed by atoms with Gasteiger partial charge in [0, 0.05) is 53.3 Å². The van der Waals surface area contributed by atoms with E-state index in [0.717, 1.165) is 33.5 Å². The van der Waals surface area contributed by atoms with Crippen LogP contribution in [0.25, 0.3) is 104 Å². The summed E-state index contributed by atoms with van der Waals surface area (Å²) in [4.78, 5) is 15.2. The van der Waals surface area contributed by atoms with Crippen LogP contribution in [0, 0.1) is 0 Å². The summed E-state index contributed by atoms with van der Waals surface area (Å²) < 4.78 is 4.86. The van der Waals surface area contributed by atoms with E-state index < -0.39 is 0 Å². The normalized spacial score (nSPS) is 11.7. The molecule has 0 spiro atoms. The van der Waals surface area contributed by atoms with Crippen molar-refractivity contribution in [3.8, 4) is 51.0 Å². The van der Waals surface area contributed by atoms with Crippen molar-refractivity contribution < 1.29 is 0 Å². The Morgan fingerprint density at radius 3 is 1.76 bits per heavy atom. The quantitative estimate of drug-likeness (QED) is 0.179. The van der Waals surface area contributed by atoms with Crippen molar-refractivity contribution in [1.29, 1.82) is 0 Å². The molecule has 5 heteroatoms. The number of hydrogen-bond acceptors (Lipinski definition) is 4. The van der Waals surface area contributed by atoms with Gasteiger partial charge in [-0.25, -0.2) is 15.0 Å². The second-order valence-electron chi connectivity index (χ2n) is 13.7. The van der Waals surface area contributed by atoms with Gasteiger partial charge in [-0.1, -0.05) is 133 Å². The fourth-order valence-electron chi connectivity index (χ4n) is 7.80. The summed E-state index contributed by atoms with van der Waals surface area (Å²) in [5, 5.41) is 7.48.